The van der Waals surface area contributed by atoms with Gasteiger partial charge in [0.25, 0.3) is 5.95 Å². The number of hydrogen-bond donors (Lipinski definition) is 2. The largest absolute Gasteiger partial charge is 0.442 e. The summed E-state index contributed by atoms with van der Waals surface area (Å²) in [5.74, 6) is 0.0628. The number of halogens is 1. The molecule has 0 spiro atoms. The van der Waals surface area contributed by atoms with Gasteiger partial charge < -0.3 is 15.4 Å². The first-order valence-electron chi connectivity index (χ1n) is 9.38. The van der Waals surface area contributed by atoms with E-state index in [1.807, 2.05) is 0 Å². The monoisotopic (exact) mass is 426 g/mol. The molecule has 11 nitrogen and oxygen atoms in total. The highest BCUT2D eigenvalue weighted by Gasteiger charge is 2.32. The van der Waals surface area contributed by atoms with Gasteiger partial charge in [0.05, 0.1) is 25.8 Å². The van der Waals surface area contributed by atoms with Gasteiger partial charge in [0.1, 0.15) is 17.7 Å². The van der Waals surface area contributed by atoms with Crippen molar-refractivity contribution in [2.75, 3.05) is 23.3 Å². The molecule has 1 aliphatic rings. The predicted octanol–water partition coefficient (Wildman–Crippen LogP) is 1.62. The number of anilines is 3. The number of aryl methyl sites for hydroxylation is 1. The van der Waals surface area contributed by atoms with Gasteiger partial charge in [-0.25, -0.2) is 14.2 Å². The number of benzene rings is 1. The van der Waals surface area contributed by atoms with Gasteiger partial charge in [-0.3, -0.25) is 9.69 Å². The number of carbonyl (C=O) groups is 2. The van der Waals surface area contributed by atoms with Crippen LogP contribution in [0.15, 0.2) is 36.5 Å². The number of aromatic nitrogens is 5. The normalized spacial score (nSPS) is 15.6. The average molecular weight is 426 g/mol. The summed E-state index contributed by atoms with van der Waals surface area (Å²) < 4.78 is 20.0. The van der Waals surface area contributed by atoms with Gasteiger partial charge in [0.2, 0.25) is 5.91 Å². The predicted molar refractivity (Wildman–Crippen MR) is 108 cm³/mol. The summed E-state index contributed by atoms with van der Waals surface area (Å²) in [6, 6.07) is 7.86. The second-order valence-corrected chi connectivity index (χ2v) is 6.88. The van der Waals surface area contributed by atoms with Gasteiger partial charge in [0, 0.05) is 24.2 Å². The highest BCUT2D eigenvalue weighted by molar-refractivity contribution is 5.90. The van der Waals surface area contributed by atoms with E-state index in [4.69, 9.17) is 4.74 Å². The molecule has 1 saturated heterocycles. The van der Waals surface area contributed by atoms with Gasteiger partial charge in [-0.1, -0.05) is 5.10 Å². The molecule has 0 radical (unpaired) electrons. The van der Waals surface area contributed by atoms with E-state index in [9.17, 15) is 14.0 Å². The maximum absolute atomic E-state index is 14.8. The number of tetrazole rings is 1. The Morgan fingerprint density at radius 1 is 1.32 bits per heavy atom. The van der Waals surface area contributed by atoms with Crippen molar-refractivity contribution in [1.82, 2.24) is 30.5 Å². The first-order chi connectivity index (χ1) is 14.9. The third-order valence-electron chi connectivity index (χ3n) is 4.54. The number of pyridine rings is 1. The van der Waals surface area contributed by atoms with Gasteiger partial charge in [-0.2, -0.15) is 4.80 Å². The molecule has 1 aliphatic heterocycles. The fourth-order valence-corrected chi connectivity index (χ4v) is 3.08. The molecule has 2 N–H and O–H groups in total. The van der Waals surface area contributed by atoms with E-state index in [2.05, 4.69) is 31.0 Å². The molecule has 4 rings (SSSR count). The van der Waals surface area contributed by atoms with Crippen LogP contribution in [0.4, 0.5) is 26.6 Å². The zero-order valence-electron chi connectivity index (χ0n) is 16.7. The summed E-state index contributed by atoms with van der Waals surface area (Å²) >= 11 is 0. The van der Waals surface area contributed by atoms with Crippen molar-refractivity contribution >= 4 is 29.5 Å². The number of carbonyl (C=O) groups excluding carboxylic acids is 2. The van der Waals surface area contributed by atoms with E-state index >= 15 is 0 Å². The van der Waals surface area contributed by atoms with E-state index in [-0.39, 0.29) is 19.0 Å². The fraction of sp³-hybridized carbons (Fsp3) is 0.263. The van der Waals surface area contributed by atoms with Gasteiger partial charge in [-0.15, -0.1) is 5.10 Å². The van der Waals surface area contributed by atoms with Crippen LogP contribution in [0.2, 0.25) is 0 Å². The molecule has 12 heteroatoms. The zero-order valence-corrected chi connectivity index (χ0v) is 16.7. The van der Waals surface area contributed by atoms with Crippen molar-refractivity contribution in [1.29, 1.82) is 0 Å². The SMILES string of the molecule is CC(=O)NC[C@H]1CN(c2ccc(-c3ccc(Nc4nnn(C)n4)nc3)c(F)c2)C(=O)O1. The second kappa shape index (κ2) is 8.34. The average Bonchev–Trinajstić information content (AvgIpc) is 3.32. The summed E-state index contributed by atoms with van der Waals surface area (Å²) in [6.45, 7) is 1.80. The summed E-state index contributed by atoms with van der Waals surface area (Å²) in [5, 5.41) is 17.0. The van der Waals surface area contributed by atoms with Crippen LogP contribution in [0.1, 0.15) is 6.92 Å². The standard InChI is InChI=1S/C19H19FN8O3/c1-11(29)21-9-14-10-28(19(30)31-14)13-4-5-15(16(20)7-13)12-3-6-17(22-8-12)23-18-24-26-27(2)25-18/h3-8,14H,9-10H2,1-2H3,(H,21,29)(H,22,23,25)/t14-/m0/s1. The summed E-state index contributed by atoms with van der Waals surface area (Å²) in [5.41, 5.74) is 1.27. The van der Waals surface area contributed by atoms with Crippen molar-refractivity contribution < 1.29 is 18.7 Å². The molecule has 0 saturated carbocycles. The number of ether oxygens (including phenoxy) is 1. The Bertz CT molecular complexity index is 1120. The third-order valence-corrected chi connectivity index (χ3v) is 4.54. The van der Waals surface area contributed by atoms with Crippen LogP contribution in [0.3, 0.4) is 0 Å². The van der Waals surface area contributed by atoms with Crippen molar-refractivity contribution in [3.8, 4) is 11.1 Å². The minimum atomic E-state index is -0.586. The first-order valence-corrected chi connectivity index (χ1v) is 9.38. The maximum atomic E-state index is 14.8. The fourth-order valence-electron chi connectivity index (χ4n) is 3.08. The number of rotatable bonds is 6. The van der Waals surface area contributed by atoms with Crippen LogP contribution in [-0.4, -0.2) is 56.4 Å². The molecule has 1 fully saturated rings. The van der Waals surface area contributed by atoms with Crippen LogP contribution in [0.25, 0.3) is 11.1 Å². The van der Waals surface area contributed by atoms with E-state index in [0.29, 0.717) is 28.6 Å². The lowest BCUT2D eigenvalue weighted by Gasteiger charge is -2.14. The van der Waals surface area contributed by atoms with Crippen molar-refractivity contribution in [2.45, 2.75) is 13.0 Å². The molecule has 0 unspecified atom stereocenters. The van der Waals surface area contributed by atoms with Crippen molar-refractivity contribution in [3.63, 3.8) is 0 Å². The zero-order chi connectivity index (χ0) is 22.0. The highest BCUT2D eigenvalue weighted by atomic mass is 19.1. The summed E-state index contributed by atoms with van der Waals surface area (Å²) in [4.78, 5) is 30.0. The van der Waals surface area contributed by atoms with Crippen molar-refractivity contribution in [3.05, 3.63) is 42.3 Å². The summed E-state index contributed by atoms with van der Waals surface area (Å²) in [6.07, 6.45) is 0.439. The lowest BCUT2D eigenvalue weighted by atomic mass is 10.1. The first kappa shape index (κ1) is 20.2. The van der Waals surface area contributed by atoms with E-state index in [1.54, 1.807) is 31.3 Å². The Labute approximate surface area is 176 Å². The molecule has 0 aliphatic carbocycles. The Kier molecular flexibility index (Phi) is 5.43. The van der Waals surface area contributed by atoms with Gasteiger partial charge in [0.15, 0.2) is 0 Å². The number of nitrogens with zero attached hydrogens (tertiary/aromatic N) is 6. The molecule has 0 bridgehead atoms. The molecular weight excluding hydrogens is 407 g/mol. The topological polar surface area (TPSA) is 127 Å². The molecule has 3 heterocycles. The Morgan fingerprint density at radius 3 is 2.81 bits per heavy atom. The van der Waals surface area contributed by atoms with Crippen LogP contribution in [0.5, 0.6) is 0 Å². The van der Waals surface area contributed by atoms with Crippen LogP contribution < -0.4 is 15.5 Å². The number of nitrogens with one attached hydrogen (secondary N) is 2. The molecule has 160 valence electrons. The minimum Gasteiger partial charge on any atom is -0.442 e. The third kappa shape index (κ3) is 4.57. The smallest absolute Gasteiger partial charge is 0.414 e. The molecule has 31 heavy (non-hydrogen) atoms. The molecule has 1 atom stereocenters. The number of hydrogen-bond acceptors (Lipinski definition) is 8. The summed E-state index contributed by atoms with van der Waals surface area (Å²) in [7, 11) is 1.64. The minimum absolute atomic E-state index is 0.203. The molecular formula is C19H19FN8O3. The molecule has 2 aromatic heterocycles. The lowest BCUT2D eigenvalue weighted by Crippen LogP contribution is -2.33. The van der Waals surface area contributed by atoms with Gasteiger partial charge >= 0.3 is 6.09 Å². The van der Waals surface area contributed by atoms with Crippen LogP contribution in [-0.2, 0) is 16.6 Å². The van der Waals surface area contributed by atoms with Gasteiger partial charge in [-0.05, 0) is 35.5 Å². The van der Waals surface area contributed by atoms with E-state index < -0.39 is 18.0 Å². The van der Waals surface area contributed by atoms with Crippen molar-refractivity contribution in [2.24, 2.45) is 7.05 Å². The highest BCUT2D eigenvalue weighted by Crippen LogP contribution is 2.29. The molecule has 1 aromatic carbocycles. The molecule has 3 aromatic rings. The lowest BCUT2D eigenvalue weighted by molar-refractivity contribution is -0.119. The van der Waals surface area contributed by atoms with E-state index in [0.717, 1.165) is 0 Å². The van der Waals surface area contributed by atoms with Crippen LogP contribution in [0, 0.1) is 5.82 Å². The number of cyclic esters (lactones) is 1. The Hall–Kier alpha value is -4.09. The maximum Gasteiger partial charge on any atom is 0.414 e. The molecule has 2 amide bonds. The quantitative estimate of drug-likeness (QED) is 0.609. The second-order valence-electron chi connectivity index (χ2n) is 6.88. The number of amides is 2. The van der Waals surface area contributed by atoms with E-state index in [1.165, 1.54) is 28.9 Å². The Balaban J connectivity index is 1.46. The van der Waals surface area contributed by atoms with Crippen LogP contribution >= 0.6 is 0 Å². The Morgan fingerprint density at radius 2 is 2.16 bits per heavy atom.